The first kappa shape index (κ1) is 57.9. The van der Waals surface area contributed by atoms with Crippen LogP contribution in [0.2, 0.25) is 0 Å². The number of phenolic OH excluding ortho intramolecular Hbond substituents is 1. The van der Waals surface area contributed by atoms with E-state index in [0.29, 0.717) is 19.0 Å². The smallest absolute Gasteiger partial charge is 0.415 e. The first-order valence-electron chi connectivity index (χ1n) is 25.0. The van der Waals surface area contributed by atoms with Gasteiger partial charge in [-0.3, -0.25) is 29.1 Å². The van der Waals surface area contributed by atoms with Crippen molar-refractivity contribution in [2.24, 2.45) is 34.6 Å². The van der Waals surface area contributed by atoms with Gasteiger partial charge in [0, 0.05) is 106 Å². The minimum absolute atomic E-state index is 0.00108. The molecular formula is C52H73N4O17P. The minimum atomic E-state index is -2.23. The summed E-state index contributed by atoms with van der Waals surface area (Å²) in [5, 5.41) is 50.7. The monoisotopic (exact) mass is 1060 g/mol. The van der Waals surface area contributed by atoms with Crippen LogP contribution in [0, 0.1) is 36.5 Å². The zero-order chi connectivity index (χ0) is 54.7. The molecule has 7 N–H and O–H groups in total. The number of rotatable bonds is 10. The molecule has 5 bridgehead atoms. The molecule has 1 aromatic carbocycles. The lowest BCUT2D eigenvalue weighted by atomic mass is 9.78. The number of benzene rings is 1. The Hall–Kier alpha value is -5.41. The Morgan fingerprint density at radius 1 is 0.959 bits per heavy atom. The lowest BCUT2D eigenvalue weighted by molar-refractivity contribution is -0.160. The summed E-state index contributed by atoms with van der Waals surface area (Å²) < 4.78 is 35.0. The van der Waals surface area contributed by atoms with E-state index in [1.165, 1.54) is 58.1 Å². The number of phenols is 1. The number of aliphatic imine (C=N–C) groups is 1. The third-order valence-corrected chi connectivity index (χ3v) is 15.5. The van der Waals surface area contributed by atoms with Gasteiger partial charge < -0.3 is 68.9 Å². The second kappa shape index (κ2) is 23.6. The quantitative estimate of drug-likeness (QED) is 0.0895. The van der Waals surface area contributed by atoms with Crippen LogP contribution < -0.4 is 10.1 Å². The number of nitrogens with one attached hydrogen (secondary N) is 1. The van der Waals surface area contributed by atoms with Crippen molar-refractivity contribution in [3.8, 4) is 11.5 Å². The zero-order valence-electron chi connectivity index (χ0n) is 44.0. The number of carbonyl (C=O) groups excluding carboxylic acids is 5. The standard InChI is InChI=1S/C52H73N4O17P/c1-26(2)24-55-20-18-52(19-21-55)54-39-36-37-44(61)32(8)47-38(36)48(63)51(10,73-47)71-22-17-34(68-11)29(5)46(72-33(9)57)31(7)43(60)30(6)42(59)27(3)14-12-15-28(4)49(64)53-40(45(37)62)41(39)56(52)50(65)70-25-69-35(58)16-13-23-74(66)67/h12,14-15,17,22,26-27,29-31,34,41-43,46,59-62,66-67H,13,16,18-21,23-25H2,1-11H3,(H,53,64)/b14-12+,22-17+,28-15-/t27-,29+,30+,31+,34-,41?,42-,43+,46+,51-/m0/s1. The van der Waals surface area contributed by atoms with Crippen LogP contribution >= 0.6 is 8.38 Å². The predicted octanol–water partition coefficient (Wildman–Crippen LogP) is 5.24. The normalized spacial score (nSPS) is 31.0. The number of aliphatic hydroxyl groups is 3. The molecule has 4 heterocycles. The zero-order valence-corrected chi connectivity index (χ0v) is 44.9. The molecule has 408 valence electrons. The van der Waals surface area contributed by atoms with E-state index >= 15 is 4.79 Å². The van der Waals surface area contributed by atoms with Gasteiger partial charge in [-0.15, -0.1) is 0 Å². The molecule has 2 amide bonds. The number of hydrogen-bond acceptors (Lipinski definition) is 19. The number of amides is 2. The number of nitrogens with zero attached hydrogens (tertiary/aromatic N) is 3. The van der Waals surface area contributed by atoms with E-state index in [1.54, 1.807) is 39.8 Å². The van der Waals surface area contributed by atoms with E-state index in [2.05, 4.69) is 24.1 Å². The highest BCUT2D eigenvalue weighted by molar-refractivity contribution is 7.45. The molecule has 6 rings (SSSR count). The highest BCUT2D eigenvalue weighted by Gasteiger charge is 2.60. The SMILES string of the molecule is CO[C@H]1/C=C/O[C@@]2(C)Oc3c(C)c(O)c4c(c3C2=O)C2=NC3(CCN(CC(C)C)CC3)N(C(=O)OCOC(=O)CCCP(O)O)C2C(=C4O)NC(=O)/C(C)=C\C=C\[C@H](C)[C@H](O)[C@@H](C)[C@@H](O)[C@@H](C)[C@H](OC(C)=O)[C@@H]1C. The number of likely N-dealkylation sites (tertiary alicyclic amines) is 1. The summed E-state index contributed by atoms with van der Waals surface area (Å²) in [5.41, 5.74) is -2.13. The van der Waals surface area contributed by atoms with Gasteiger partial charge in [-0.1, -0.05) is 59.8 Å². The molecule has 74 heavy (non-hydrogen) atoms. The Balaban J connectivity index is 1.53. The Bertz CT molecular complexity index is 2480. The van der Waals surface area contributed by atoms with Gasteiger partial charge in [0.25, 0.3) is 11.7 Å². The number of Topliss-reactive ketones (excluding diaryl/α,β-unsaturated/α-hetero) is 1. The molecule has 1 spiro atoms. The topological polar surface area (TPSA) is 293 Å². The molecule has 1 saturated heterocycles. The van der Waals surface area contributed by atoms with E-state index in [1.807, 2.05) is 0 Å². The van der Waals surface area contributed by atoms with Crippen molar-refractivity contribution in [3.05, 3.63) is 64.1 Å². The van der Waals surface area contributed by atoms with Crippen molar-refractivity contribution in [3.63, 3.8) is 0 Å². The molecule has 1 aliphatic carbocycles. The number of allylic oxidation sites excluding steroid dienone is 2. The number of methoxy groups -OCH3 is 1. The van der Waals surface area contributed by atoms with Crippen molar-refractivity contribution in [2.75, 3.05) is 39.7 Å². The summed E-state index contributed by atoms with van der Waals surface area (Å²) in [4.78, 5) is 96.7. The number of ketones is 1. The fourth-order valence-electron chi connectivity index (χ4n) is 10.6. The van der Waals surface area contributed by atoms with Gasteiger partial charge in [0.2, 0.25) is 6.79 Å². The summed E-state index contributed by atoms with van der Waals surface area (Å²) in [7, 11) is -0.807. The average Bonchev–Trinajstić information content (AvgIpc) is 3.81. The van der Waals surface area contributed by atoms with Crippen molar-refractivity contribution < 1.29 is 82.6 Å². The predicted molar refractivity (Wildman–Crippen MR) is 270 cm³/mol. The van der Waals surface area contributed by atoms with Crippen LogP contribution in [-0.2, 0) is 38.1 Å². The van der Waals surface area contributed by atoms with Crippen LogP contribution in [0.3, 0.4) is 0 Å². The summed E-state index contributed by atoms with van der Waals surface area (Å²) in [6.45, 7) is 17.3. The van der Waals surface area contributed by atoms with Crippen molar-refractivity contribution in [2.45, 2.75) is 137 Å². The maximum absolute atomic E-state index is 15.1. The summed E-state index contributed by atoms with van der Waals surface area (Å²) in [6, 6.07) is -1.50. The number of fused-ring (bicyclic) bond motifs is 3. The van der Waals surface area contributed by atoms with E-state index < -0.39 is 122 Å². The molecule has 0 radical (unpaired) electrons. The number of piperidine rings is 1. The average molecular weight is 1060 g/mol. The number of hydrogen-bond donors (Lipinski definition) is 7. The third kappa shape index (κ3) is 11.8. The van der Waals surface area contributed by atoms with Crippen LogP contribution in [0.15, 0.2) is 46.8 Å². The van der Waals surface area contributed by atoms with Gasteiger partial charge in [0.1, 0.15) is 35.1 Å². The number of carbonyl (C=O) groups is 5. The molecule has 22 heteroatoms. The van der Waals surface area contributed by atoms with Gasteiger partial charge in [-0.2, -0.15) is 0 Å². The maximum atomic E-state index is 15.1. The molecule has 10 atom stereocenters. The first-order chi connectivity index (χ1) is 34.8. The highest BCUT2D eigenvalue weighted by Crippen LogP contribution is 2.53. The molecule has 0 aromatic heterocycles. The first-order valence-corrected chi connectivity index (χ1v) is 26.5. The molecule has 1 fully saturated rings. The van der Waals surface area contributed by atoms with Gasteiger partial charge >= 0.3 is 23.8 Å². The van der Waals surface area contributed by atoms with Crippen LogP contribution in [0.25, 0.3) is 5.76 Å². The van der Waals surface area contributed by atoms with E-state index in [0.717, 1.165) is 6.54 Å². The van der Waals surface area contributed by atoms with Gasteiger partial charge in [-0.25, -0.2) is 4.79 Å². The number of aliphatic hydroxyl groups excluding tert-OH is 3. The Morgan fingerprint density at radius 3 is 2.26 bits per heavy atom. The number of ether oxygens (including phenoxy) is 6. The van der Waals surface area contributed by atoms with Crippen molar-refractivity contribution in [1.82, 2.24) is 15.1 Å². The lowest BCUT2D eigenvalue weighted by Gasteiger charge is -2.45. The second-order valence-electron chi connectivity index (χ2n) is 20.6. The largest absolute Gasteiger partial charge is 0.507 e. The molecule has 21 nitrogen and oxygen atoms in total. The minimum Gasteiger partial charge on any atom is -0.507 e. The molecule has 1 unspecified atom stereocenters. The Morgan fingerprint density at radius 2 is 1.64 bits per heavy atom. The fourth-order valence-corrected chi connectivity index (χ4v) is 11.0. The van der Waals surface area contributed by atoms with Crippen LogP contribution in [0.5, 0.6) is 11.5 Å². The summed E-state index contributed by atoms with van der Waals surface area (Å²) in [5.74, 6) is -8.78. The van der Waals surface area contributed by atoms with E-state index in [9.17, 15) is 49.4 Å². The van der Waals surface area contributed by atoms with Crippen LogP contribution in [0.1, 0.15) is 115 Å². The van der Waals surface area contributed by atoms with Gasteiger partial charge in [0.15, 0.2) is 8.38 Å². The Labute approximate surface area is 432 Å². The molecule has 4 aliphatic heterocycles. The lowest BCUT2D eigenvalue weighted by Crippen LogP contribution is -2.59. The summed E-state index contributed by atoms with van der Waals surface area (Å²) in [6.07, 6.45) is 2.47. The highest BCUT2D eigenvalue weighted by atomic mass is 31.2. The van der Waals surface area contributed by atoms with Gasteiger partial charge in [-0.05, 0) is 32.3 Å². The fraction of sp³-hybridized carbons (Fsp3) is 0.615. The summed E-state index contributed by atoms with van der Waals surface area (Å²) >= 11 is 0. The molecule has 1 aromatic rings. The van der Waals surface area contributed by atoms with Crippen molar-refractivity contribution in [1.29, 1.82) is 0 Å². The van der Waals surface area contributed by atoms with E-state index in [4.69, 9.17) is 33.4 Å². The number of esters is 2. The van der Waals surface area contributed by atoms with Crippen LogP contribution in [-0.4, -0.2) is 157 Å². The van der Waals surface area contributed by atoms with Gasteiger partial charge in [0.05, 0.1) is 47.1 Å². The number of aromatic hydroxyl groups is 1. The second-order valence-corrected chi connectivity index (χ2v) is 21.8. The molecule has 0 saturated carbocycles. The molecular weight excluding hydrogens is 984 g/mol. The Kier molecular flexibility index (Phi) is 18.5. The molecule has 5 aliphatic rings. The van der Waals surface area contributed by atoms with Crippen molar-refractivity contribution >= 4 is 49.6 Å². The van der Waals surface area contributed by atoms with E-state index in [-0.39, 0.29) is 76.8 Å². The van der Waals surface area contributed by atoms with Crippen LogP contribution in [0.4, 0.5) is 4.79 Å². The maximum Gasteiger partial charge on any atom is 0.415 e. The third-order valence-electron chi connectivity index (χ3n) is 14.7.